The molecule has 0 fully saturated rings. The number of nitrogens with one attached hydrogen (secondary N) is 1. The second-order valence-corrected chi connectivity index (χ2v) is 3.65. The first-order chi connectivity index (χ1) is 8.27. The molecule has 2 rings (SSSR count). The molecule has 0 radical (unpaired) electrons. The van der Waals surface area contributed by atoms with Crippen molar-refractivity contribution < 1.29 is 14.0 Å². The molecule has 0 amide bonds. The van der Waals surface area contributed by atoms with Gasteiger partial charge in [-0.05, 0) is 6.07 Å². The molecule has 0 saturated carbocycles. The summed E-state index contributed by atoms with van der Waals surface area (Å²) in [6.07, 6.45) is 4.19. The molecule has 86 valence electrons. The van der Waals surface area contributed by atoms with Gasteiger partial charge < -0.3 is 5.32 Å². The van der Waals surface area contributed by atoms with Crippen LogP contribution in [0.1, 0.15) is 11.5 Å². The summed E-state index contributed by atoms with van der Waals surface area (Å²) < 4.78 is 13.7. The van der Waals surface area contributed by atoms with Gasteiger partial charge in [-0.1, -0.05) is 18.2 Å². The van der Waals surface area contributed by atoms with E-state index in [2.05, 4.69) is 5.32 Å². The van der Waals surface area contributed by atoms with E-state index in [9.17, 15) is 14.0 Å². The maximum absolute atomic E-state index is 13.7. The maximum Gasteiger partial charge on any atom is 0.148 e. The lowest BCUT2D eigenvalue weighted by atomic mass is 9.85. The number of carbonyl (C=O) groups excluding carboxylic acids is 2. The number of halogens is 1. The van der Waals surface area contributed by atoms with E-state index >= 15 is 0 Å². The van der Waals surface area contributed by atoms with Gasteiger partial charge in [0, 0.05) is 35.0 Å². The smallest absolute Gasteiger partial charge is 0.148 e. The average Bonchev–Trinajstić information content (AvgIpc) is 2.38. The molecule has 17 heavy (non-hydrogen) atoms. The van der Waals surface area contributed by atoms with E-state index in [-0.39, 0.29) is 0 Å². The Balaban J connectivity index is 2.52. The molecule has 0 atom stereocenters. The molecule has 1 aliphatic heterocycles. The van der Waals surface area contributed by atoms with Crippen LogP contribution in [0, 0.1) is 5.82 Å². The Bertz CT molecular complexity index is 496. The Kier molecular flexibility index (Phi) is 3.14. The van der Waals surface area contributed by atoms with Gasteiger partial charge in [0.25, 0.3) is 0 Å². The molecule has 1 N–H and O–H groups in total. The van der Waals surface area contributed by atoms with Gasteiger partial charge in [0.05, 0.1) is 0 Å². The molecule has 3 nitrogen and oxygen atoms in total. The summed E-state index contributed by atoms with van der Waals surface area (Å²) in [7, 11) is 0. The van der Waals surface area contributed by atoms with E-state index in [0.717, 1.165) is 0 Å². The van der Waals surface area contributed by atoms with Crippen LogP contribution in [0.25, 0.3) is 0 Å². The first-order valence-corrected chi connectivity index (χ1v) is 5.09. The van der Waals surface area contributed by atoms with Crippen LogP contribution in [-0.2, 0) is 9.59 Å². The number of hydrogen-bond acceptors (Lipinski definition) is 3. The minimum absolute atomic E-state index is 0.325. The lowest BCUT2D eigenvalue weighted by molar-refractivity contribution is -0.105. The summed E-state index contributed by atoms with van der Waals surface area (Å²) >= 11 is 0. The molecular formula is C13H10FNO2. The van der Waals surface area contributed by atoms with Gasteiger partial charge in [0.2, 0.25) is 0 Å². The van der Waals surface area contributed by atoms with Gasteiger partial charge in [-0.25, -0.2) is 4.39 Å². The highest BCUT2D eigenvalue weighted by molar-refractivity contribution is 5.86. The summed E-state index contributed by atoms with van der Waals surface area (Å²) in [4.78, 5) is 21.9. The van der Waals surface area contributed by atoms with Crippen LogP contribution >= 0.6 is 0 Å². The third kappa shape index (κ3) is 2.01. The molecule has 1 aliphatic rings. The van der Waals surface area contributed by atoms with E-state index in [4.69, 9.17) is 0 Å². The van der Waals surface area contributed by atoms with Crippen LogP contribution in [0.5, 0.6) is 0 Å². The number of hydrogen-bond donors (Lipinski definition) is 1. The van der Waals surface area contributed by atoms with Crippen molar-refractivity contribution in [3.63, 3.8) is 0 Å². The second-order valence-electron chi connectivity index (χ2n) is 3.65. The standard InChI is InChI=1S/C13H10FNO2/c14-12-4-2-1-3-11(12)13-9(7-16)5-15-6-10(13)8-17/h1-8,13,15H. The van der Waals surface area contributed by atoms with Gasteiger partial charge in [-0.15, -0.1) is 0 Å². The SMILES string of the molecule is O=CC1=CNC=C(C=O)C1c1ccccc1F. The van der Waals surface area contributed by atoms with Gasteiger partial charge in [-0.3, -0.25) is 9.59 Å². The topological polar surface area (TPSA) is 46.2 Å². The molecule has 0 bridgehead atoms. The molecule has 4 heteroatoms. The number of allylic oxidation sites excluding steroid dienone is 2. The monoisotopic (exact) mass is 231 g/mol. The van der Waals surface area contributed by atoms with E-state index in [0.29, 0.717) is 29.3 Å². The zero-order valence-corrected chi connectivity index (χ0v) is 8.89. The molecule has 0 aromatic heterocycles. The fourth-order valence-corrected chi connectivity index (χ4v) is 1.87. The fourth-order valence-electron chi connectivity index (χ4n) is 1.87. The van der Waals surface area contributed by atoms with Crippen LogP contribution < -0.4 is 5.32 Å². The van der Waals surface area contributed by atoms with Crippen molar-refractivity contribution in [2.75, 3.05) is 0 Å². The van der Waals surface area contributed by atoms with Crippen LogP contribution in [0.4, 0.5) is 4.39 Å². The molecule has 1 aromatic carbocycles. The summed E-state index contributed by atoms with van der Waals surface area (Å²) in [6, 6.07) is 6.11. The van der Waals surface area contributed by atoms with Gasteiger partial charge in [0.15, 0.2) is 0 Å². The van der Waals surface area contributed by atoms with Crippen molar-refractivity contribution in [3.8, 4) is 0 Å². The summed E-state index contributed by atoms with van der Waals surface area (Å²) in [5.74, 6) is -1.06. The number of benzene rings is 1. The van der Waals surface area contributed by atoms with Crippen molar-refractivity contribution in [2.45, 2.75) is 5.92 Å². The molecule has 0 aliphatic carbocycles. The van der Waals surface area contributed by atoms with E-state index in [1.54, 1.807) is 18.2 Å². The number of dihydropyridines is 1. The van der Waals surface area contributed by atoms with Crippen molar-refractivity contribution in [1.82, 2.24) is 5.32 Å². The van der Waals surface area contributed by atoms with Crippen molar-refractivity contribution in [3.05, 3.63) is 59.2 Å². The zero-order chi connectivity index (χ0) is 12.3. The van der Waals surface area contributed by atoms with Crippen molar-refractivity contribution in [1.29, 1.82) is 0 Å². The zero-order valence-electron chi connectivity index (χ0n) is 8.89. The minimum Gasteiger partial charge on any atom is -0.367 e. The summed E-state index contributed by atoms with van der Waals surface area (Å²) in [6.45, 7) is 0. The highest BCUT2D eigenvalue weighted by Gasteiger charge is 2.25. The van der Waals surface area contributed by atoms with Gasteiger partial charge in [-0.2, -0.15) is 0 Å². The molecule has 1 heterocycles. The van der Waals surface area contributed by atoms with Gasteiger partial charge >= 0.3 is 0 Å². The molecule has 0 saturated heterocycles. The average molecular weight is 231 g/mol. The molecule has 0 unspecified atom stereocenters. The van der Waals surface area contributed by atoms with Gasteiger partial charge in [0.1, 0.15) is 18.4 Å². The quantitative estimate of drug-likeness (QED) is 0.805. The van der Waals surface area contributed by atoms with Crippen molar-refractivity contribution in [2.24, 2.45) is 0 Å². The number of rotatable bonds is 3. The highest BCUT2D eigenvalue weighted by atomic mass is 19.1. The molecule has 0 spiro atoms. The first kappa shape index (κ1) is 11.3. The number of carbonyl (C=O) groups is 2. The largest absolute Gasteiger partial charge is 0.367 e. The Morgan fingerprint density at radius 1 is 1.06 bits per heavy atom. The normalized spacial score (nSPS) is 15.6. The predicted molar refractivity (Wildman–Crippen MR) is 60.6 cm³/mol. The lowest BCUT2D eigenvalue weighted by Crippen LogP contribution is -2.18. The summed E-state index contributed by atoms with van der Waals surface area (Å²) in [5, 5.41) is 2.70. The van der Waals surface area contributed by atoms with E-state index < -0.39 is 11.7 Å². The third-order valence-corrected chi connectivity index (χ3v) is 2.66. The van der Waals surface area contributed by atoms with Crippen LogP contribution in [0.15, 0.2) is 47.8 Å². The molecular weight excluding hydrogens is 221 g/mol. The minimum atomic E-state index is -0.632. The molecule has 1 aromatic rings. The Morgan fingerprint density at radius 2 is 1.65 bits per heavy atom. The fraction of sp³-hybridized carbons (Fsp3) is 0.0769. The van der Waals surface area contributed by atoms with E-state index in [1.165, 1.54) is 18.5 Å². The van der Waals surface area contributed by atoms with Crippen LogP contribution in [-0.4, -0.2) is 12.6 Å². The Labute approximate surface area is 97.6 Å². The van der Waals surface area contributed by atoms with Crippen LogP contribution in [0.2, 0.25) is 0 Å². The lowest BCUT2D eigenvalue weighted by Gasteiger charge is -2.21. The second kappa shape index (κ2) is 4.74. The Morgan fingerprint density at radius 3 is 2.18 bits per heavy atom. The van der Waals surface area contributed by atoms with E-state index in [1.807, 2.05) is 0 Å². The van der Waals surface area contributed by atoms with Crippen LogP contribution in [0.3, 0.4) is 0 Å². The summed E-state index contributed by atoms with van der Waals surface area (Å²) in [5.41, 5.74) is 0.991. The Hall–Kier alpha value is -2.23. The predicted octanol–water partition coefficient (Wildman–Crippen LogP) is 1.68. The van der Waals surface area contributed by atoms with Crippen molar-refractivity contribution >= 4 is 12.6 Å². The third-order valence-electron chi connectivity index (χ3n) is 2.66. The maximum atomic E-state index is 13.7. The first-order valence-electron chi connectivity index (χ1n) is 5.09. The number of aldehydes is 2. The highest BCUT2D eigenvalue weighted by Crippen LogP contribution is 2.32.